The Labute approximate surface area is 202 Å². The SMILES string of the molecule is COc1ccc(C2(C(=O)N3CCC[C@H](Cc4cccc5ccncc45)CC3)CCOCC2)cc1. The standard InChI is InChI=1S/C29H34N2O3/c1-33-26-9-7-25(8-10-26)29(13-18-34-19-14-29)28(32)31-16-3-4-22(12-17-31)20-24-6-2-5-23-11-15-30-21-27(23)24/h2,5-11,15,21-22H,3-4,12-14,16-20H2,1H3/t22-/m0/s1. The minimum atomic E-state index is -0.494. The number of carbonyl (C=O) groups excluding carboxylic acids is 1. The maximum Gasteiger partial charge on any atom is 0.233 e. The van der Waals surface area contributed by atoms with Crippen LogP contribution in [0.1, 0.15) is 43.2 Å². The molecular weight excluding hydrogens is 424 g/mol. The van der Waals surface area contributed by atoms with E-state index in [9.17, 15) is 4.79 Å². The van der Waals surface area contributed by atoms with Crippen LogP contribution in [0.15, 0.2) is 60.9 Å². The van der Waals surface area contributed by atoms with Gasteiger partial charge in [0.05, 0.1) is 12.5 Å². The van der Waals surface area contributed by atoms with Crippen LogP contribution in [-0.4, -0.2) is 49.2 Å². The Bertz CT molecular complexity index is 1120. The average Bonchev–Trinajstić information content (AvgIpc) is 3.14. The fourth-order valence-corrected chi connectivity index (χ4v) is 5.80. The van der Waals surface area contributed by atoms with Crippen LogP contribution in [0.5, 0.6) is 5.75 Å². The van der Waals surface area contributed by atoms with Gasteiger partial charge in [0.25, 0.3) is 0 Å². The minimum Gasteiger partial charge on any atom is -0.497 e. The van der Waals surface area contributed by atoms with Crippen LogP contribution in [0.3, 0.4) is 0 Å². The van der Waals surface area contributed by atoms with Gasteiger partial charge in [0.2, 0.25) is 5.91 Å². The van der Waals surface area contributed by atoms with Crippen molar-refractivity contribution in [2.75, 3.05) is 33.4 Å². The highest BCUT2D eigenvalue weighted by Crippen LogP contribution is 2.38. The largest absolute Gasteiger partial charge is 0.497 e. The molecule has 34 heavy (non-hydrogen) atoms. The molecule has 5 heteroatoms. The fourth-order valence-electron chi connectivity index (χ4n) is 5.80. The molecule has 1 atom stereocenters. The maximum absolute atomic E-state index is 14.1. The van der Waals surface area contributed by atoms with Crippen molar-refractivity contribution < 1.29 is 14.3 Å². The second kappa shape index (κ2) is 10.1. The van der Waals surface area contributed by atoms with E-state index in [1.165, 1.54) is 16.3 Å². The molecule has 0 aliphatic carbocycles. The summed E-state index contributed by atoms with van der Waals surface area (Å²) in [6.07, 6.45) is 9.60. The van der Waals surface area contributed by atoms with Crippen LogP contribution >= 0.6 is 0 Å². The molecule has 1 aromatic heterocycles. The molecule has 2 aliphatic heterocycles. The monoisotopic (exact) mass is 458 g/mol. The van der Waals surface area contributed by atoms with Crippen molar-refractivity contribution in [2.24, 2.45) is 5.92 Å². The van der Waals surface area contributed by atoms with Crippen molar-refractivity contribution in [2.45, 2.75) is 43.9 Å². The summed E-state index contributed by atoms with van der Waals surface area (Å²) in [5, 5.41) is 2.50. The number of amides is 1. The zero-order valence-electron chi connectivity index (χ0n) is 20.0. The third-order valence-electron chi connectivity index (χ3n) is 7.82. The predicted molar refractivity (Wildman–Crippen MR) is 134 cm³/mol. The first-order valence-corrected chi connectivity index (χ1v) is 12.5. The normalized spacial score (nSPS) is 20.6. The fraction of sp³-hybridized carbons (Fsp3) is 0.448. The first-order valence-electron chi connectivity index (χ1n) is 12.5. The molecule has 3 heterocycles. The van der Waals surface area contributed by atoms with E-state index in [-0.39, 0.29) is 5.91 Å². The molecule has 0 bridgehead atoms. The molecule has 3 aromatic rings. The molecule has 2 saturated heterocycles. The first-order chi connectivity index (χ1) is 16.7. The molecule has 0 saturated carbocycles. The molecule has 5 nitrogen and oxygen atoms in total. The summed E-state index contributed by atoms with van der Waals surface area (Å²) >= 11 is 0. The van der Waals surface area contributed by atoms with Crippen molar-refractivity contribution in [1.29, 1.82) is 0 Å². The number of likely N-dealkylation sites (tertiary alicyclic amines) is 1. The van der Waals surface area contributed by atoms with Crippen molar-refractivity contribution in [3.63, 3.8) is 0 Å². The number of benzene rings is 2. The second-order valence-electron chi connectivity index (χ2n) is 9.73. The van der Waals surface area contributed by atoms with Gasteiger partial charge in [-0.1, -0.05) is 30.3 Å². The Morgan fingerprint density at radius 2 is 1.91 bits per heavy atom. The average molecular weight is 459 g/mol. The summed E-state index contributed by atoms with van der Waals surface area (Å²) in [6, 6.07) is 16.7. The summed E-state index contributed by atoms with van der Waals surface area (Å²) in [5.74, 6) is 1.67. The van der Waals surface area contributed by atoms with Gasteiger partial charge in [-0.25, -0.2) is 0 Å². The van der Waals surface area contributed by atoms with Crippen LogP contribution in [-0.2, 0) is 21.4 Å². The zero-order chi connectivity index (χ0) is 23.4. The molecule has 2 aromatic carbocycles. The Balaban J connectivity index is 1.32. The Hall–Kier alpha value is -2.92. The van der Waals surface area contributed by atoms with Gasteiger partial charge in [0, 0.05) is 44.1 Å². The van der Waals surface area contributed by atoms with E-state index in [1.807, 2.05) is 24.5 Å². The maximum atomic E-state index is 14.1. The highest BCUT2D eigenvalue weighted by Gasteiger charge is 2.44. The molecule has 2 fully saturated rings. The van der Waals surface area contributed by atoms with E-state index >= 15 is 0 Å². The number of aromatic nitrogens is 1. The number of fused-ring (bicyclic) bond motifs is 1. The lowest BCUT2D eigenvalue weighted by molar-refractivity contribution is -0.141. The van der Waals surface area contributed by atoms with Gasteiger partial charge >= 0.3 is 0 Å². The van der Waals surface area contributed by atoms with Crippen molar-refractivity contribution in [1.82, 2.24) is 9.88 Å². The van der Waals surface area contributed by atoms with E-state index in [4.69, 9.17) is 9.47 Å². The van der Waals surface area contributed by atoms with Crippen LogP contribution < -0.4 is 4.74 Å². The molecule has 2 aliphatic rings. The quantitative estimate of drug-likeness (QED) is 0.530. The van der Waals surface area contributed by atoms with Gasteiger partial charge in [0.15, 0.2) is 0 Å². The summed E-state index contributed by atoms with van der Waals surface area (Å²) < 4.78 is 11.0. The van der Waals surface area contributed by atoms with E-state index in [0.29, 0.717) is 19.1 Å². The zero-order valence-corrected chi connectivity index (χ0v) is 20.0. The lowest BCUT2D eigenvalue weighted by Crippen LogP contribution is -2.50. The second-order valence-corrected chi connectivity index (χ2v) is 9.73. The summed E-state index contributed by atoms with van der Waals surface area (Å²) in [7, 11) is 1.67. The number of carbonyl (C=O) groups is 1. The Kier molecular flexibility index (Phi) is 6.82. The van der Waals surface area contributed by atoms with Crippen LogP contribution in [0, 0.1) is 5.92 Å². The summed E-state index contributed by atoms with van der Waals surface area (Å²) in [5.41, 5.74) is 1.96. The molecule has 178 valence electrons. The van der Waals surface area contributed by atoms with Crippen molar-refractivity contribution in [3.8, 4) is 5.75 Å². The summed E-state index contributed by atoms with van der Waals surface area (Å²) in [4.78, 5) is 20.5. The van der Waals surface area contributed by atoms with Gasteiger partial charge in [-0.15, -0.1) is 0 Å². The highest BCUT2D eigenvalue weighted by atomic mass is 16.5. The molecule has 0 unspecified atom stereocenters. The van der Waals surface area contributed by atoms with Crippen molar-refractivity contribution in [3.05, 3.63) is 72.1 Å². The Morgan fingerprint density at radius 3 is 2.71 bits per heavy atom. The topological polar surface area (TPSA) is 51.7 Å². The van der Waals surface area contributed by atoms with Crippen LogP contribution in [0.4, 0.5) is 0 Å². The third-order valence-corrected chi connectivity index (χ3v) is 7.82. The number of pyridine rings is 1. The first kappa shape index (κ1) is 22.9. The van der Waals surface area contributed by atoms with Crippen molar-refractivity contribution >= 4 is 16.7 Å². The molecule has 1 amide bonds. The van der Waals surface area contributed by atoms with Gasteiger partial charge < -0.3 is 14.4 Å². The van der Waals surface area contributed by atoms with E-state index < -0.39 is 5.41 Å². The molecule has 0 radical (unpaired) electrons. The van der Waals surface area contributed by atoms with Gasteiger partial charge in [-0.05, 0) is 79.2 Å². The predicted octanol–water partition coefficient (Wildman–Crippen LogP) is 5.16. The number of rotatable bonds is 5. The minimum absolute atomic E-state index is 0.274. The third kappa shape index (κ3) is 4.54. The van der Waals surface area contributed by atoms with E-state index in [2.05, 4.69) is 46.3 Å². The molecule has 5 rings (SSSR count). The number of methoxy groups -OCH3 is 1. The number of ether oxygens (including phenoxy) is 2. The number of hydrogen-bond acceptors (Lipinski definition) is 4. The molecular formula is C29H34N2O3. The Morgan fingerprint density at radius 1 is 1.09 bits per heavy atom. The van der Waals surface area contributed by atoms with Crippen LogP contribution in [0.25, 0.3) is 10.8 Å². The van der Waals surface area contributed by atoms with E-state index in [1.54, 1.807) is 7.11 Å². The molecule has 0 N–H and O–H groups in total. The smallest absolute Gasteiger partial charge is 0.233 e. The number of nitrogens with zero attached hydrogens (tertiary/aromatic N) is 2. The van der Waals surface area contributed by atoms with Crippen LogP contribution in [0.2, 0.25) is 0 Å². The van der Waals surface area contributed by atoms with E-state index in [0.717, 1.165) is 62.9 Å². The van der Waals surface area contributed by atoms with Gasteiger partial charge in [-0.3, -0.25) is 9.78 Å². The highest BCUT2D eigenvalue weighted by molar-refractivity contribution is 5.88. The summed E-state index contributed by atoms with van der Waals surface area (Å²) in [6.45, 7) is 2.92. The number of hydrogen-bond donors (Lipinski definition) is 0. The van der Waals surface area contributed by atoms with Gasteiger partial charge in [0.1, 0.15) is 5.75 Å². The lowest BCUT2D eigenvalue weighted by atomic mass is 9.73. The molecule has 0 spiro atoms. The van der Waals surface area contributed by atoms with Gasteiger partial charge in [-0.2, -0.15) is 0 Å². The lowest BCUT2D eigenvalue weighted by Gasteiger charge is -2.40.